The van der Waals surface area contributed by atoms with Gasteiger partial charge in [0.2, 0.25) is 0 Å². The molecule has 0 atom stereocenters. The Balaban J connectivity index is 1.42. The highest BCUT2D eigenvalue weighted by atomic mass is 16.5. The number of benzene rings is 3. The van der Waals surface area contributed by atoms with E-state index in [0.29, 0.717) is 38.7 Å². The fraction of sp³-hybridized carbons (Fsp3) is 0.321. The summed E-state index contributed by atoms with van der Waals surface area (Å²) in [6.45, 7) is 6.21. The van der Waals surface area contributed by atoms with Crippen LogP contribution in [-0.4, -0.2) is 50.1 Å². The minimum Gasteiger partial charge on any atom is -0.493 e. The SMILES string of the molecule is CCOC(=O)c1c(N2CCOCC2)c2ccccc2n1CCCOc1cccc2ccccc12. The maximum absolute atomic E-state index is 13.2. The molecule has 2 heterocycles. The number of nitrogens with zero attached hydrogens (tertiary/aromatic N) is 2. The monoisotopic (exact) mass is 458 g/mol. The predicted octanol–water partition coefficient (Wildman–Crippen LogP) is 5.28. The summed E-state index contributed by atoms with van der Waals surface area (Å²) in [6, 6.07) is 22.6. The maximum Gasteiger partial charge on any atom is 0.357 e. The van der Waals surface area contributed by atoms with Crippen LogP contribution in [0.1, 0.15) is 23.8 Å². The first-order chi connectivity index (χ1) is 16.8. The Kier molecular flexibility index (Phi) is 6.67. The molecule has 0 spiro atoms. The highest BCUT2D eigenvalue weighted by Crippen LogP contribution is 2.35. The summed E-state index contributed by atoms with van der Waals surface area (Å²) in [5.41, 5.74) is 2.61. The first-order valence-corrected chi connectivity index (χ1v) is 12.0. The van der Waals surface area contributed by atoms with Gasteiger partial charge in [-0.1, -0.05) is 54.6 Å². The molecule has 3 aromatic carbocycles. The molecule has 1 aromatic heterocycles. The first kappa shape index (κ1) is 22.3. The normalized spacial score (nSPS) is 14.0. The van der Waals surface area contributed by atoms with Crippen molar-refractivity contribution in [2.75, 3.05) is 44.4 Å². The van der Waals surface area contributed by atoms with Crippen molar-refractivity contribution < 1.29 is 19.0 Å². The van der Waals surface area contributed by atoms with Gasteiger partial charge in [0.1, 0.15) is 5.75 Å². The minimum atomic E-state index is -0.282. The molecule has 0 N–H and O–H groups in total. The number of esters is 1. The molecule has 176 valence electrons. The Morgan fingerprint density at radius 2 is 1.68 bits per heavy atom. The van der Waals surface area contributed by atoms with Crippen LogP contribution < -0.4 is 9.64 Å². The van der Waals surface area contributed by atoms with Crippen LogP contribution in [0.25, 0.3) is 21.7 Å². The number of para-hydroxylation sites is 1. The zero-order valence-corrected chi connectivity index (χ0v) is 19.5. The van der Waals surface area contributed by atoms with E-state index >= 15 is 0 Å². The molecule has 0 unspecified atom stereocenters. The zero-order valence-electron chi connectivity index (χ0n) is 19.5. The van der Waals surface area contributed by atoms with Crippen molar-refractivity contribution in [3.63, 3.8) is 0 Å². The molecule has 1 fully saturated rings. The Hall–Kier alpha value is -3.51. The van der Waals surface area contributed by atoms with Gasteiger partial charge in [-0.25, -0.2) is 4.79 Å². The lowest BCUT2D eigenvalue weighted by molar-refractivity contribution is 0.0513. The predicted molar refractivity (Wildman–Crippen MR) is 135 cm³/mol. The number of fused-ring (bicyclic) bond motifs is 2. The van der Waals surface area contributed by atoms with Crippen molar-refractivity contribution in [2.24, 2.45) is 0 Å². The van der Waals surface area contributed by atoms with Crippen LogP contribution in [0, 0.1) is 0 Å². The van der Waals surface area contributed by atoms with Gasteiger partial charge in [0.05, 0.1) is 37.6 Å². The highest BCUT2D eigenvalue weighted by Gasteiger charge is 2.28. The summed E-state index contributed by atoms with van der Waals surface area (Å²) in [5.74, 6) is 0.602. The quantitative estimate of drug-likeness (QED) is 0.266. The van der Waals surface area contributed by atoms with E-state index in [9.17, 15) is 4.79 Å². The number of ether oxygens (including phenoxy) is 3. The summed E-state index contributed by atoms with van der Waals surface area (Å²) < 4.78 is 19.3. The zero-order chi connectivity index (χ0) is 23.3. The lowest BCUT2D eigenvalue weighted by Crippen LogP contribution is -2.37. The average Bonchev–Trinajstić information content (AvgIpc) is 3.22. The average molecular weight is 459 g/mol. The van der Waals surface area contributed by atoms with E-state index in [0.717, 1.165) is 52.6 Å². The van der Waals surface area contributed by atoms with Crippen LogP contribution in [0.5, 0.6) is 5.75 Å². The third-order valence-electron chi connectivity index (χ3n) is 6.27. The van der Waals surface area contributed by atoms with E-state index in [2.05, 4.69) is 39.8 Å². The second kappa shape index (κ2) is 10.2. The van der Waals surface area contributed by atoms with Crippen molar-refractivity contribution in [2.45, 2.75) is 19.9 Å². The minimum absolute atomic E-state index is 0.282. The molecule has 0 amide bonds. The fourth-order valence-corrected chi connectivity index (χ4v) is 4.76. The number of hydrogen-bond donors (Lipinski definition) is 0. The largest absolute Gasteiger partial charge is 0.493 e. The molecule has 4 aromatic rings. The summed E-state index contributed by atoms with van der Waals surface area (Å²) in [5, 5.41) is 3.34. The molecule has 1 saturated heterocycles. The molecular formula is C28H30N2O4. The summed E-state index contributed by atoms with van der Waals surface area (Å²) >= 11 is 0. The van der Waals surface area contributed by atoms with Crippen LogP contribution >= 0.6 is 0 Å². The molecule has 1 aliphatic heterocycles. The van der Waals surface area contributed by atoms with Gasteiger partial charge in [-0.15, -0.1) is 0 Å². The molecule has 0 aliphatic carbocycles. The topological polar surface area (TPSA) is 52.9 Å². The number of rotatable bonds is 8. The summed E-state index contributed by atoms with van der Waals surface area (Å²) in [4.78, 5) is 15.4. The number of morpholine rings is 1. The second-order valence-electron chi connectivity index (χ2n) is 8.37. The molecular weight excluding hydrogens is 428 g/mol. The van der Waals surface area contributed by atoms with E-state index in [1.807, 2.05) is 43.3 Å². The highest BCUT2D eigenvalue weighted by molar-refractivity contribution is 6.07. The molecule has 34 heavy (non-hydrogen) atoms. The molecule has 0 radical (unpaired) electrons. The van der Waals surface area contributed by atoms with Crippen LogP contribution in [-0.2, 0) is 16.0 Å². The third-order valence-corrected chi connectivity index (χ3v) is 6.27. The van der Waals surface area contributed by atoms with Gasteiger partial charge in [-0.05, 0) is 30.9 Å². The Morgan fingerprint density at radius 1 is 0.941 bits per heavy atom. The Bertz CT molecular complexity index is 1290. The number of aryl methyl sites for hydroxylation is 1. The number of aromatic nitrogens is 1. The van der Waals surface area contributed by atoms with Crippen LogP contribution in [0.3, 0.4) is 0 Å². The van der Waals surface area contributed by atoms with E-state index < -0.39 is 0 Å². The van der Waals surface area contributed by atoms with E-state index in [1.54, 1.807) is 0 Å². The Labute approximate surface area is 199 Å². The first-order valence-electron chi connectivity index (χ1n) is 12.0. The number of carbonyl (C=O) groups excluding carboxylic acids is 1. The van der Waals surface area contributed by atoms with E-state index in [1.165, 1.54) is 0 Å². The van der Waals surface area contributed by atoms with E-state index in [-0.39, 0.29) is 5.97 Å². The van der Waals surface area contributed by atoms with Crippen LogP contribution in [0.2, 0.25) is 0 Å². The fourth-order valence-electron chi connectivity index (χ4n) is 4.76. The number of anilines is 1. The standard InChI is InChI=1S/C28H30N2O4/c1-2-33-28(31)27-26(29-16-19-32-20-17-29)23-12-5-6-13-24(23)30(27)15-8-18-34-25-14-7-10-21-9-3-4-11-22(21)25/h3-7,9-14H,2,8,15-20H2,1H3. The summed E-state index contributed by atoms with van der Waals surface area (Å²) in [6.07, 6.45) is 0.761. The number of hydrogen-bond acceptors (Lipinski definition) is 5. The van der Waals surface area contributed by atoms with Crippen molar-refractivity contribution in [3.05, 3.63) is 72.4 Å². The lowest BCUT2D eigenvalue weighted by atomic mass is 10.1. The van der Waals surface area contributed by atoms with Crippen LogP contribution in [0.15, 0.2) is 66.7 Å². The van der Waals surface area contributed by atoms with Gasteiger partial charge in [0.25, 0.3) is 0 Å². The molecule has 0 saturated carbocycles. The maximum atomic E-state index is 13.2. The van der Waals surface area contributed by atoms with Crippen molar-refractivity contribution >= 4 is 33.3 Å². The molecule has 6 nitrogen and oxygen atoms in total. The summed E-state index contributed by atoms with van der Waals surface area (Å²) in [7, 11) is 0. The third kappa shape index (κ3) is 4.33. The van der Waals surface area contributed by atoms with Gasteiger partial charge in [-0.2, -0.15) is 0 Å². The van der Waals surface area contributed by atoms with Gasteiger partial charge >= 0.3 is 5.97 Å². The van der Waals surface area contributed by atoms with Crippen molar-refractivity contribution in [1.82, 2.24) is 4.57 Å². The smallest absolute Gasteiger partial charge is 0.357 e. The van der Waals surface area contributed by atoms with Crippen molar-refractivity contribution in [3.8, 4) is 5.75 Å². The van der Waals surface area contributed by atoms with Crippen LogP contribution in [0.4, 0.5) is 5.69 Å². The van der Waals surface area contributed by atoms with Gasteiger partial charge in [0.15, 0.2) is 5.69 Å². The van der Waals surface area contributed by atoms with Crippen molar-refractivity contribution in [1.29, 1.82) is 0 Å². The van der Waals surface area contributed by atoms with Gasteiger partial charge < -0.3 is 23.7 Å². The molecule has 0 bridgehead atoms. The van der Waals surface area contributed by atoms with Gasteiger partial charge in [0, 0.05) is 30.4 Å². The van der Waals surface area contributed by atoms with Gasteiger partial charge in [-0.3, -0.25) is 0 Å². The lowest BCUT2D eigenvalue weighted by Gasteiger charge is -2.29. The second-order valence-corrected chi connectivity index (χ2v) is 8.37. The molecule has 5 rings (SSSR count). The molecule has 1 aliphatic rings. The van der Waals surface area contributed by atoms with E-state index in [4.69, 9.17) is 14.2 Å². The Morgan fingerprint density at radius 3 is 2.50 bits per heavy atom. The molecule has 6 heteroatoms. The number of carbonyl (C=O) groups is 1.